The minimum atomic E-state index is -2.77. The first kappa shape index (κ1) is 21.5. The summed E-state index contributed by atoms with van der Waals surface area (Å²) in [7, 11) is -2.77. The fourth-order valence-corrected chi connectivity index (χ4v) is 5.52. The van der Waals surface area contributed by atoms with E-state index < -0.39 is 9.73 Å². The lowest BCUT2D eigenvalue weighted by molar-refractivity contribution is 0.169. The van der Waals surface area contributed by atoms with Crippen LogP contribution in [0.5, 0.6) is 11.5 Å². The van der Waals surface area contributed by atoms with Crippen LogP contribution in [-0.2, 0) is 9.73 Å². The predicted molar refractivity (Wildman–Crippen MR) is 123 cm³/mol. The molecule has 0 bridgehead atoms. The third kappa shape index (κ3) is 4.54. The summed E-state index contributed by atoms with van der Waals surface area (Å²) in [5, 5.41) is 0. The highest BCUT2D eigenvalue weighted by Crippen LogP contribution is 2.39. The van der Waals surface area contributed by atoms with Crippen molar-refractivity contribution in [3.05, 3.63) is 36.2 Å². The van der Waals surface area contributed by atoms with Crippen molar-refractivity contribution >= 4 is 15.7 Å². The molecule has 0 amide bonds. The summed E-state index contributed by atoms with van der Waals surface area (Å²) >= 11 is 0. The molecule has 4 heterocycles. The van der Waals surface area contributed by atoms with E-state index in [4.69, 9.17) is 14.3 Å². The van der Waals surface area contributed by atoms with Gasteiger partial charge in [0.15, 0.2) is 11.5 Å². The molecule has 9 heteroatoms. The zero-order valence-electron chi connectivity index (χ0n) is 18.5. The summed E-state index contributed by atoms with van der Waals surface area (Å²) in [4.78, 5) is 14.0. The summed E-state index contributed by atoms with van der Waals surface area (Å²) in [6, 6.07) is 6.88. The summed E-state index contributed by atoms with van der Waals surface area (Å²) in [6.45, 7) is 5.36. The average molecular weight is 458 g/mol. The molecule has 2 aromatic rings. The highest BCUT2D eigenvalue weighted by molar-refractivity contribution is 7.91. The van der Waals surface area contributed by atoms with E-state index in [1.165, 1.54) is 37.1 Å². The second-order valence-corrected chi connectivity index (χ2v) is 11.2. The number of anilines is 1. The molecule has 2 atom stereocenters. The first-order valence-electron chi connectivity index (χ1n) is 11.4. The summed E-state index contributed by atoms with van der Waals surface area (Å²) < 4.78 is 31.0. The molecule has 1 aromatic carbocycles. The first-order valence-corrected chi connectivity index (χ1v) is 13.4. The van der Waals surface area contributed by atoms with Gasteiger partial charge in [-0.25, -0.2) is 19.0 Å². The largest absolute Gasteiger partial charge is 0.486 e. The molecule has 1 aromatic heterocycles. The molecule has 0 unspecified atom stereocenters. The van der Waals surface area contributed by atoms with Gasteiger partial charge < -0.3 is 14.4 Å². The molecular formula is C23H31N5O3S. The van der Waals surface area contributed by atoms with E-state index in [0.717, 1.165) is 50.5 Å². The van der Waals surface area contributed by atoms with Crippen molar-refractivity contribution in [3.63, 3.8) is 0 Å². The highest BCUT2D eigenvalue weighted by Gasteiger charge is 2.31. The Bertz CT molecular complexity index is 1050. The Morgan fingerprint density at radius 3 is 2.50 bits per heavy atom. The molecule has 0 saturated carbocycles. The van der Waals surface area contributed by atoms with Crippen molar-refractivity contribution in [2.45, 2.75) is 36.6 Å². The first-order chi connectivity index (χ1) is 15.5. The van der Waals surface area contributed by atoms with Gasteiger partial charge in [0.25, 0.3) is 0 Å². The number of hydrogen-bond acceptors (Lipinski definition) is 8. The molecular weight excluding hydrogens is 426 g/mol. The van der Waals surface area contributed by atoms with Crippen molar-refractivity contribution in [1.29, 1.82) is 4.78 Å². The maximum Gasteiger partial charge on any atom is 0.225 e. The number of hydrogen-bond donors (Lipinski definition) is 1. The molecule has 2 saturated heterocycles. The molecule has 32 heavy (non-hydrogen) atoms. The average Bonchev–Trinajstić information content (AvgIpc) is 3.27. The second-order valence-electron chi connectivity index (χ2n) is 9.05. The molecule has 8 nitrogen and oxygen atoms in total. The Morgan fingerprint density at radius 2 is 1.78 bits per heavy atom. The number of piperidine rings is 1. The maximum absolute atomic E-state index is 11.8. The lowest BCUT2D eigenvalue weighted by Gasteiger charge is -2.35. The molecule has 5 rings (SSSR count). The van der Waals surface area contributed by atoms with Crippen LogP contribution in [0.15, 0.2) is 35.5 Å². The van der Waals surface area contributed by atoms with Crippen molar-refractivity contribution in [2.24, 2.45) is 5.92 Å². The van der Waals surface area contributed by atoms with Gasteiger partial charge >= 0.3 is 0 Å². The minimum absolute atomic E-state index is 0.385. The molecule has 0 spiro atoms. The molecule has 0 radical (unpaired) electrons. The summed E-state index contributed by atoms with van der Waals surface area (Å²) in [6.07, 6.45) is 9.10. The molecule has 3 aliphatic heterocycles. The fraction of sp³-hybridized carbons (Fsp3) is 0.565. The van der Waals surface area contributed by atoms with E-state index in [1.807, 2.05) is 0 Å². The van der Waals surface area contributed by atoms with Crippen molar-refractivity contribution in [2.75, 3.05) is 50.5 Å². The van der Waals surface area contributed by atoms with Gasteiger partial charge in [0.2, 0.25) is 5.95 Å². The molecule has 0 aliphatic carbocycles. The highest BCUT2D eigenvalue weighted by atomic mass is 32.2. The van der Waals surface area contributed by atoms with Crippen LogP contribution in [0.4, 0.5) is 5.95 Å². The number of likely N-dealkylation sites (tertiary alicyclic amines) is 1. The van der Waals surface area contributed by atoms with E-state index >= 15 is 0 Å². The number of benzene rings is 1. The Kier molecular flexibility index (Phi) is 5.94. The number of aromatic nitrogens is 2. The summed E-state index contributed by atoms with van der Waals surface area (Å²) in [5.41, 5.74) is 1.33. The van der Waals surface area contributed by atoms with Crippen molar-refractivity contribution in [1.82, 2.24) is 14.9 Å². The third-order valence-corrected chi connectivity index (χ3v) is 7.88. The zero-order chi connectivity index (χ0) is 22.1. The number of ether oxygens (including phenoxy) is 2. The topological polar surface area (TPSA) is 91.6 Å². The monoisotopic (exact) mass is 457 g/mol. The quantitative estimate of drug-likeness (QED) is 0.736. The van der Waals surface area contributed by atoms with Gasteiger partial charge in [-0.2, -0.15) is 0 Å². The van der Waals surface area contributed by atoms with E-state index in [-0.39, 0.29) is 0 Å². The second kappa shape index (κ2) is 8.86. The maximum atomic E-state index is 11.8. The van der Waals surface area contributed by atoms with Crippen LogP contribution in [0, 0.1) is 10.7 Å². The number of nitrogens with one attached hydrogen (secondary N) is 1. The third-order valence-electron chi connectivity index (χ3n) is 6.77. The van der Waals surface area contributed by atoms with Gasteiger partial charge in [0.1, 0.15) is 13.2 Å². The van der Waals surface area contributed by atoms with Crippen LogP contribution in [0.2, 0.25) is 0 Å². The number of nitrogens with zero attached hydrogens (tertiary/aromatic N) is 4. The van der Waals surface area contributed by atoms with Gasteiger partial charge in [-0.3, -0.25) is 4.90 Å². The Hall–Kier alpha value is -2.39. The summed E-state index contributed by atoms with van der Waals surface area (Å²) in [5.74, 6) is 3.07. The van der Waals surface area contributed by atoms with E-state index in [9.17, 15) is 4.21 Å². The Morgan fingerprint density at radius 1 is 1.06 bits per heavy atom. The van der Waals surface area contributed by atoms with Gasteiger partial charge in [0, 0.05) is 44.3 Å². The molecule has 172 valence electrons. The standard InChI is InChI=1S/C23H31N5O3S/c1-32(24,29)19-14-25-23(26-15-19)27-9-6-17(7-10-27)16-28-8-2-3-20(28)18-4-5-21-22(13-18)31-12-11-30-21/h4-5,13-15,17,20,24H,2-3,6-12,16H2,1H3/t20-,32+/m0/s1. The van der Waals surface area contributed by atoms with Crippen LogP contribution in [0.3, 0.4) is 0 Å². The van der Waals surface area contributed by atoms with Crippen molar-refractivity contribution < 1.29 is 13.7 Å². The van der Waals surface area contributed by atoms with Crippen LogP contribution >= 0.6 is 0 Å². The molecule has 1 N–H and O–H groups in total. The van der Waals surface area contributed by atoms with Gasteiger partial charge in [-0.05, 0) is 55.8 Å². The van der Waals surface area contributed by atoms with Gasteiger partial charge in [-0.15, -0.1) is 0 Å². The Labute approximate surface area is 189 Å². The minimum Gasteiger partial charge on any atom is -0.486 e. The van der Waals surface area contributed by atoms with Crippen LogP contribution in [0.1, 0.15) is 37.3 Å². The van der Waals surface area contributed by atoms with E-state index in [0.29, 0.717) is 36.0 Å². The predicted octanol–water partition coefficient (Wildman–Crippen LogP) is 3.34. The Balaban J connectivity index is 1.18. The van der Waals surface area contributed by atoms with Gasteiger partial charge in [-0.1, -0.05) is 6.07 Å². The SMILES string of the molecule is C[S@@](=N)(=O)c1cnc(N2CCC(CN3CCC[C@H]3c3ccc4c(c3)OCCO4)CC2)nc1. The smallest absolute Gasteiger partial charge is 0.225 e. The number of fused-ring (bicyclic) bond motifs is 1. The van der Waals surface area contributed by atoms with Crippen molar-refractivity contribution in [3.8, 4) is 11.5 Å². The molecule has 3 aliphatic rings. The van der Waals surface area contributed by atoms with Crippen LogP contribution < -0.4 is 14.4 Å². The van der Waals surface area contributed by atoms with Crippen LogP contribution in [-0.4, -0.2) is 64.7 Å². The van der Waals surface area contributed by atoms with E-state index in [2.05, 4.69) is 38.0 Å². The van der Waals surface area contributed by atoms with E-state index in [1.54, 1.807) is 0 Å². The normalized spacial score (nSPS) is 23.8. The van der Waals surface area contributed by atoms with Gasteiger partial charge in [0.05, 0.1) is 14.6 Å². The lowest BCUT2D eigenvalue weighted by atomic mass is 9.95. The van der Waals surface area contributed by atoms with Crippen LogP contribution in [0.25, 0.3) is 0 Å². The fourth-order valence-electron chi connectivity index (χ4n) is 5.01. The molecule has 2 fully saturated rings. The number of rotatable bonds is 5. The lowest BCUT2D eigenvalue weighted by Crippen LogP contribution is -2.39. The zero-order valence-corrected chi connectivity index (χ0v) is 19.4.